The number of amides is 1. The molecular weight excluding hydrogens is 459 g/mol. The summed E-state index contributed by atoms with van der Waals surface area (Å²) in [5.41, 5.74) is 1.97. The van der Waals surface area contributed by atoms with Crippen LogP contribution >= 0.6 is 0 Å². The maximum absolute atomic E-state index is 13.6. The fraction of sp³-hybridized carbons (Fsp3) is 0.241. The number of Topliss-reactive ketones (excluding diaryl/α,β-unsaturated/α-hetero) is 1. The van der Waals surface area contributed by atoms with Gasteiger partial charge in [-0.2, -0.15) is 0 Å². The number of hydrogen-bond acceptors (Lipinski definition) is 5. The molecule has 3 aromatic rings. The number of ketones is 1. The Morgan fingerprint density at radius 3 is 2.28 bits per heavy atom. The summed E-state index contributed by atoms with van der Waals surface area (Å²) >= 11 is 0. The lowest BCUT2D eigenvalue weighted by molar-refractivity contribution is -0.139. The average molecular weight is 489 g/mol. The summed E-state index contributed by atoms with van der Waals surface area (Å²) < 4.78 is 19.4. The molecule has 1 heterocycles. The van der Waals surface area contributed by atoms with Gasteiger partial charge in [-0.25, -0.2) is 4.39 Å². The molecule has 0 radical (unpaired) electrons. The molecule has 1 aliphatic rings. The zero-order chi connectivity index (χ0) is 25.7. The number of aliphatic hydroxyl groups excluding tert-OH is 1. The molecule has 0 aromatic heterocycles. The summed E-state index contributed by atoms with van der Waals surface area (Å²) in [5.74, 6) is -1.51. The molecule has 0 spiro atoms. The van der Waals surface area contributed by atoms with Gasteiger partial charge < -0.3 is 19.6 Å². The molecule has 0 bridgehead atoms. The SMILES string of the molecule is CN(C)CCCN1C(=O)C(=O)/C(=C(\O)c2ccc(OCc3ccccc3)cc2)C1c1ccc(F)cc1. The van der Waals surface area contributed by atoms with Crippen molar-refractivity contribution in [3.63, 3.8) is 0 Å². The Morgan fingerprint density at radius 1 is 0.972 bits per heavy atom. The van der Waals surface area contributed by atoms with Crippen molar-refractivity contribution in [2.75, 3.05) is 27.2 Å². The third-order valence-corrected chi connectivity index (χ3v) is 6.11. The minimum Gasteiger partial charge on any atom is -0.507 e. The lowest BCUT2D eigenvalue weighted by Crippen LogP contribution is -2.32. The molecule has 36 heavy (non-hydrogen) atoms. The highest BCUT2D eigenvalue weighted by molar-refractivity contribution is 6.46. The average Bonchev–Trinajstić information content (AvgIpc) is 3.13. The second-order valence-electron chi connectivity index (χ2n) is 9.00. The molecule has 0 aliphatic carbocycles. The Kier molecular flexibility index (Phi) is 7.80. The van der Waals surface area contributed by atoms with E-state index in [1.165, 1.54) is 17.0 Å². The van der Waals surface area contributed by atoms with E-state index in [1.54, 1.807) is 36.4 Å². The van der Waals surface area contributed by atoms with Crippen molar-refractivity contribution in [2.45, 2.75) is 19.1 Å². The topological polar surface area (TPSA) is 70.1 Å². The van der Waals surface area contributed by atoms with E-state index < -0.39 is 23.5 Å². The van der Waals surface area contributed by atoms with Gasteiger partial charge in [-0.1, -0.05) is 42.5 Å². The van der Waals surface area contributed by atoms with Crippen LogP contribution in [0.3, 0.4) is 0 Å². The fourth-order valence-electron chi connectivity index (χ4n) is 4.26. The Bertz CT molecular complexity index is 1240. The molecule has 1 fully saturated rings. The van der Waals surface area contributed by atoms with Crippen molar-refractivity contribution in [1.29, 1.82) is 0 Å². The second-order valence-corrected chi connectivity index (χ2v) is 9.00. The number of carbonyl (C=O) groups is 2. The number of likely N-dealkylation sites (tertiary alicyclic amines) is 1. The van der Waals surface area contributed by atoms with Gasteiger partial charge in [0.25, 0.3) is 11.7 Å². The Hall–Kier alpha value is -3.97. The highest BCUT2D eigenvalue weighted by Gasteiger charge is 2.45. The number of halogens is 1. The summed E-state index contributed by atoms with van der Waals surface area (Å²) in [4.78, 5) is 29.5. The van der Waals surface area contributed by atoms with Crippen molar-refractivity contribution in [3.8, 4) is 5.75 Å². The van der Waals surface area contributed by atoms with E-state index in [2.05, 4.69) is 0 Å². The van der Waals surface area contributed by atoms with Crippen LogP contribution in [-0.4, -0.2) is 53.8 Å². The van der Waals surface area contributed by atoms with Gasteiger partial charge in [0.05, 0.1) is 11.6 Å². The van der Waals surface area contributed by atoms with Crippen molar-refractivity contribution in [3.05, 3.63) is 107 Å². The highest BCUT2D eigenvalue weighted by atomic mass is 19.1. The van der Waals surface area contributed by atoms with Crippen LogP contribution in [0.15, 0.2) is 84.4 Å². The number of ether oxygens (including phenoxy) is 1. The largest absolute Gasteiger partial charge is 0.507 e. The summed E-state index contributed by atoms with van der Waals surface area (Å²) in [6, 6.07) is 21.3. The van der Waals surface area contributed by atoms with E-state index in [0.29, 0.717) is 36.4 Å². The van der Waals surface area contributed by atoms with Crippen LogP contribution in [0, 0.1) is 5.82 Å². The van der Waals surface area contributed by atoms with Crippen LogP contribution in [0.5, 0.6) is 5.75 Å². The van der Waals surface area contributed by atoms with Gasteiger partial charge in [0.2, 0.25) is 0 Å². The van der Waals surface area contributed by atoms with Crippen LogP contribution in [0.2, 0.25) is 0 Å². The molecule has 1 atom stereocenters. The fourth-order valence-corrected chi connectivity index (χ4v) is 4.26. The molecule has 4 rings (SSSR count). The first kappa shape index (κ1) is 25.1. The number of rotatable bonds is 9. The van der Waals surface area contributed by atoms with E-state index in [-0.39, 0.29) is 11.3 Å². The molecule has 6 nitrogen and oxygen atoms in total. The first-order valence-corrected chi connectivity index (χ1v) is 11.8. The zero-order valence-electron chi connectivity index (χ0n) is 20.4. The molecule has 0 saturated carbocycles. The standard InChI is InChI=1S/C29H29FN2O4/c1-31(2)17-6-18-32-26(21-9-13-23(30)14-10-21)25(28(34)29(32)35)27(33)22-11-15-24(16-12-22)36-19-20-7-4-3-5-8-20/h3-5,7-16,26,33H,6,17-19H2,1-2H3/b27-25-. The van der Waals surface area contributed by atoms with Crippen molar-refractivity contribution >= 4 is 17.4 Å². The number of nitrogens with zero attached hydrogens (tertiary/aromatic N) is 2. The maximum atomic E-state index is 13.6. The van der Waals surface area contributed by atoms with Gasteiger partial charge in [0, 0.05) is 12.1 Å². The van der Waals surface area contributed by atoms with E-state index in [0.717, 1.165) is 12.1 Å². The molecule has 1 saturated heterocycles. The summed E-state index contributed by atoms with van der Waals surface area (Å²) in [6.07, 6.45) is 0.644. The molecular formula is C29H29FN2O4. The van der Waals surface area contributed by atoms with Gasteiger partial charge in [-0.05, 0) is 74.6 Å². The van der Waals surface area contributed by atoms with Crippen molar-refractivity contribution in [2.24, 2.45) is 0 Å². The van der Waals surface area contributed by atoms with Crippen molar-refractivity contribution in [1.82, 2.24) is 9.80 Å². The lowest BCUT2D eigenvalue weighted by atomic mass is 9.95. The molecule has 1 N–H and O–H groups in total. The highest BCUT2D eigenvalue weighted by Crippen LogP contribution is 2.39. The number of aliphatic hydroxyl groups is 1. The Balaban J connectivity index is 1.63. The molecule has 186 valence electrons. The summed E-state index contributed by atoms with van der Waals surface area (Å²) in [6.45, 7) is 1.45. The third-order valence-electron chi connectivity index (χ3n) is 6.11. The van der Waals surface area contributed by atoms with E-state index in [1.807, 2.05) is 49.3 Å². The van der Waals surface area contributed by atoms with Gasteiger partial charge in [-0.15, -0.1) is 0 Å². The van der Waals surface area contributed by atoms with E-state index in [4.69, 9.17) is 4.74 Å². The second kappa shape index (κ2) is 11.2. The van der Waals surface area contributed by atoms with Crippen molar-refractivity contribution < 1.29 is 23.8 Å². The smallest absolute Gasteiger partial charge is 0.295 e. The van der Waals surface area contributed by atoms with Gasteiger partial charge in [0.1, 0.15) is 23.9 Å². The van der Waals surface area contributed by atoms with Crippen LogP contribution < -0.4 is 4.74 Å². The van der Waals surface area contributed by atoms with Gasteiger partial charge in [0.15, 0.2) is 0 Å². The number of hydrogen-bond donors (Lipinski definition) is 1. The summed E-state index contributed by atoms with van der Waals surface area (Å²) in [5, 5.41) is 11.2. The minimum atomic E-state index is -0.804. The quantitative estimate of drug-likeness (QED) is 0.267. The first-order chi connectivity index (χ1) is 17.3. The molecule has 7 heteroatoms. The Labute approximate surface area is 210 Å². The molecule has 1 aliphatic heterocycles. The van der Waals surface area contributed by atoms with Crippen LogP contribution in [0.1, 0.15) is 29.2 Å². The van der Waals surface area contributed by atoms with E-state index >= 15 is 0 Å². The number of benzene rings is 3. The lowest BCUT2D eigenvalue weighted by Gasteiger charge is -2.26. The maximum Gasteiger partial charge on any atom is 0.295 e. The van der Waals surface area contributed by atoms with Gasteiger partial charge >= 0.3 is 0 Å². The van der Waals surface area contributed by atoms with Crippen LogP contribution in [0.25, 0.3) is 5.76 Å². The zero-order valence-corrected chi connectivity index (χ0v) is 20.4. The molecule has 3 aromatic carbocycles. The molecule has 1 amide bonds. The van der Waals surface area contributed by atoms with Gasteiger partial charge in [-0.3, -0.25) is 9.59 Å². The summed E-state index contributed by atoms with van der Waals surface area (Å²) in [7, 11) is 3.86. The number of carbonyl (C=O) groups excluding carboxylic acids is 2. The van der Waals surface area contributed by atoms with Crippen LogP contribution in [0.4, 0.5) is 4.39 Å². The molecule has 1 unspecified atom stereocenters. The first-order valence-electron chi connectivity index (χ1n) is 11.8. The monoisotopic (exact) mass is 488 g/mol. The van der Waals surface area contributed by atoms with Crippen LogP contribution in [-0.2, 0) is 16.2 Å². The van der Waals surface area contributed by atoms with E-state index in [9.17, 15) is 19.1 Å². The third kappa shape index (κ3) is 5.63. The Morgan fingerprint density at radius 2 is 1.64 bits per heavy atom. The predicted molar refractivity (Wildman–Crippen MR) is 136 cm³/mol. The minimum absolute atomic E-state index is 0.00517. The normalized spacial score (nSPS) is 17.1. The predicted octanol–water partition coefficient (Wildman–Crippen LogP) is 4.78.